The predicted octanol–water partition coefficient (Wildman–Crippen LogP) is 8.00. The Bertz CT molecular complexity index is 797. The Balaban J connectivity index is 3.77. The Morgan fingerprint density at radius 3 is 1.40 bits per heavy atom. The second-order valence-electron chi connectivity index (χ2n) is 12.1. The molecule has 0 saturated heterocycles. The van der Waals surface area contributed by atoms with Crippen molar-refractivity contribution in [3.8, 4) is 0 Å². The molecule has 266 valence electrons. The van der Waals surface area contributed by atoms with E-state index in [1.165, 1.54) is 122 Å². The maximum Gasteiger partial charge on any atom is 0.472 e. The molecule has 0 rings (SSSR count). The van der Waals surface area contributed by atoms with Crippen molar-refractivity contribution in [2.75, 3.05) is 19.8 Å². The van der Waals surface area contributed by atoms with Gasteiger partial charge in [0.25, 0.3) is 0 Å². The molecule has 0 spiro atoms. The van der Waals surface area contributed by atoms with Crippen molar-refractivity contribution >= 4 is 25.7 Å². The first kappa shape index (κ1) is 43.5. The molecule has 0 heterocycles. The molecule has 0 aliphatic rings. The van der Waals surface area contributed by atoms with Gasteiger partial charge in [0.05, 0.1) is 13.2 Å². The van der Waals surface area contributed by atoms with Gasteiger partial charge in [0.2, 0.25) is 0 Å². The molecular weight excluding hydrogens is 601 g/mol. The molecule has 3 atom stereocenters. The van der Waals surface area contributed by atoms with Gasteiger partial charge in [0, 0.05) is 13.3 Å². The molecule has 0 aliphatic heterocycles. The third-order valence-corrected chi connectivity index (χ3v) is 8.61. The van der Waals surface area contributed by atoms with E-state index in [2.05, 4.69) is 11.4 Å². The molecule has 45 heavy (non-hydrogen) atoms. The summed E-state index contributed by atoms with van der Waals surface area (Å²) in [6.07, 6.45) is 27.3. The lowest BCUT2D eigenvalue weighted by atomic mass is 10.0. The fourth-order valence-electron chi connectivity index (χ4n) is 4.91. The first-order valence-corrected chi connectivity index (χ1v) is 19.0. The Morgan fingerprint density at radius 1 is 0.644 bits per heavy atom. The summed E-state index contributed by atoms with van der Waals surface area (Å²) < 4.78 is 31.4. The highest BCUT2D eigenvalue weighted by Gasteiger charge is 2.27. The summed E-state index contributed by atoms with van der Waals surface area (Å²) >= 11 is 0. The number of nitrogens with two attached hydrogens (primary N) is 1. The van der Waals surface area contributed by atoms with Crippen LogP contribution in [0.1, 0.15) is 162 Å². The molecule has 0 radical (unpaired) electrons. The number of aliphatic carboxylic acids is 1. The highest BCUT2D eigenvalue weighted by Crippen LogP contribution is 2.43. The van der Waals surface area contributed by atoms with E-state index < -0.39 is 51.1 Å². The van der Waals surface area contributed by atoms with Crippen LogP contribution >= 0.6 is 7.82 Å². The van der Waals surface area contributed by atoms with E-state index in [9.17, 15) is 23.8 Å². The van der Waals surface area contributed by atoms with Crippen LogP contribution in [0.15, 0.2) is 0 Å². The fraction of sp³-hybridized carbons (Fsp3) is 0.909. The maximum atomic E-state index is 12.3. The number of carbonyl (C=O) groups excluding carboxylic acids is 2. The molecule has 0 bridgehead atoms. The number of rotatable bonds is 33. The molecule has 0 amide bonds. The third-order valence-electron chi connectivity index (χ3n) is 7.66. The van der Waals surface area contributed by atoms with Crippen molar-refractivity contribution in [1.29, 1.82) is 0 Å². The van der Waals surface area contributed by atoms with Crippen LogP contribution in [0.3, 0.4) is 0 Å². The van der Waals surface area contributed by atoms with Gasteiger partial charge in [-0.05, 0) is 6.42 Å². The topological polar surface area (TPSA) is 172 Å². The summed E-state index contributed by atoms with van der Waals surface area (Å²) in [6.45, 7) is 1.74. The van der Waals surface area contributed by atoms with E-state index in [1.807, 2.05) is 0 Å². The second-order valence-corrected chi connectivity index (χ2v) is 13.5. The molecular formula is C33H64NO10P. The molecule has 12 heteroatoms. The van der Waals surface area contributed by atoms with E-state index in [0.717, 1.165) is 19.3 Å². The van der Waals surface area contributed by atoms with Crippen LogP contribution in [-0.2, 0) is 37.5 Å². The van der Waals surface area contributed by atoms with Gasteiger partial charge >= 0.3 is 25.7 Å². The van der Waals surface area contributed by atoms with E-state index in [-0.39, 0.29) is 13.0 Å². The van der Waals surface area contributed by atoms with Gasteiger partial charge in [0.15, 0.2) is 6.10 Å². The maximum absolute atomic E-state index is 12.3. The number of hydrogen-bond acceptors (Lipinski definition) is 9. The number of unbranched alkanes of at least 4 members (excludes halogenated alkanes) is 21. The minimum absolute atomic E-state index is 0.163. The summed E-state index contributed by atoms with van der Waals surface area (Å²) in [5, 5.41) is 8.73. The molecule has 0 saturated carbocycles. The molecule has 0 aliphatic carbocycles. The normalized spacial score (nSPS) is 14.0. The molecule has 0 fully saturated rings. The van der Waals surface area contributed by atoms with Crippen molar-refractivity contribution in [2.24, 2.45) is 5.73 Å². The zero-order valence-electron chi connectivity index (χ0n) is 28.2. The quantitative estimate of drug-likeness (QED) is 0.0352. The van der Waals surface area contributed by atoms with Crippen LogP contribution in [-0.4, -0.2) is 59.9 Å². The summed E-state index contributed by atoms with van der Waals surface area (Å²) in [7, 11) is -4.67. The standard InChI is InChI=1S/C33H64NO10P/c1-3-4-5-6-7-8-9-10-11-12-13-14-15-16-17-18-19-20-21-22-23-24-25-32(36)44-30(26-41-29(2)35)27-42-45(39,40)43-28-31(34)33(37)38/h30-31H,3-28,34H2,1-2H3,(H,37,38)(H,39,40). The van der Waals surface area contributed by atoms with Crippen molar-refractivity contribution in [2.45, 2.75) is 174 Å². The third kappa shape index (κ3) is 30.9. The van der Waals surface area contributed by atoms with E-state index in [0.29, 0.717) is 6.42 Å². The molecule has 11 nitrogen and oxygen atoms in total. The number of carbonyl (C=O) groups is 3. The van der Waals surface area contributed by atoms with Gasteiger partial charge in [-0.15, -0.1) is 0 Å². The van der Waals surface area contributed by atoms with Crippen LogP contribution in [0, 0.1) is 0 Å². The lowest BCUT2D eigenvalue weighted by Crippen LogP contribution is -2.34. The molecule has 3 unspecified atom stereocenters. The predicted molar refractivity (Wildman–Crippen MR) is 176 cm³/mol. The molecule has 0 aromatic rings. The van der Waals surface area contributed by atoms with Crippen molar-refractivity contribution in [3.05, 3.63) is 0 Å². The van der Waals surface area contributed by atoms with E-state index in [4.69, 9.17) is 24.8 Å². The number of carboxylic acids is 1. The van der Waals surface area contributed by atoms with E-state index >= 15 is 0 Å². The van der Waals surface area contributed by atoms with Crippen molar-refractivity contribution in [3.63, 3.8) is 0 Å². The Hall–Kier alpha value is -1.52. The largest absolute Gasteiger partial charge is 0.480 e. The molecule has 4 N–H and O–H groups in total. The fourth-order valence-corrected chi connectivity index (χ4v) is 5.69. The first-order valence-electron chi connectivity index (χ1n) is 17.5. The zero-order valence-corrected chi connectivity index (χ0v) is 29.1. The zero-order chi connectivity index (χ0) is 33.6. The van der Waals surface area contributed by atoms with Crippen LogP contribution in [0.25, 0.3) is 0 Å². The van der Waals surface area contributed by atoms with Gasteiger partial charge in [0.1, 0.15) is 12.6 Å². The number of esters is 2. The van der Waals surface area contributed by atoms with Gasteiger partial charge in [-0.3, -0.25) is 23.4 Å². The summed E-state index contributed by atoms with van der Waals surface area (Å²) in [5.74, 6) is -2.57. The SMILES string of the molecule is CCCCCCCCCCCCCCCCCCCCCCCCC(=O)OC(COC(C)=O)COP(=O)(O)OCC(N)C(=O)O. The number of phosphoric ester groups is 1. The Kier molecular flexibility index (Phi) is 28.8. The van der Waals surface area contributed by atoms with Crippen LogP contribution in [0.2, 0.25) is 0 Å². The highest BCUT2D eigenvalue weighted by molar-refractivity contribution is 7.47. The second kappa shape index (κ2) is 29.9. The minimum Gasteiger partial charge on any atom is -0.480 e. The average molecular weight is 666 g/mol. The first-order chi connectivity index (χ1) is 21.6. The van der Waals surface area contributed by atoms with Gasteiger partial charge in [-0.1, -0.05) is 142 Å². The van der Waals surface area contributed by atoms with Gasteiger partial charge < -0.3 is 25.2 Å². The van der Waals surface area contributed by atoms with Crippen LogP contribution in [0.5, 0.6) is 0 Å². The smallest absolute Gasteiger partial charge is 0.472 e. The average Bonchev–Trinajstić information content (AvgIpc) is 2.99. The number of hydrogen-bond donors (Lipinski definition) is 3. The lowest BCUT2D eigenvalue weighted by molar-refractivity contribution is -0.160. The van der Waals surface area contributed by atoms with Gasteiger partial charge in [-0.25, -0.2) is 4.57 Å². The Labute approximate surface area is 272 Å². The number of carboxylic acid groups (broad SMARTS) is 1. The Morgan fingerprint density at radius 2 is 1.02 bits per heavy atom. The molecule has 0 aromatic carbocycles. The highest BCUT2D eigenvalue weighted by atomic mass is 31.2. The van der Waals surface area contributed by atoms with Crippen molar-refractivity contribution in [1.82, 2.24) is 0 Å². The monoisotopic (exact) mass is 665 g/mol. The lowest BCUT2D eigenvalue weighted by Gasteiger charge is -2.20. The summed E-state index contributed by atoms with van der Waals surface area (Å²) in [5.41, 5.74) is 5.24. The summed E-state index contributed by atoms with van der Waals surface area (Å²) in [4.78, 5) is 43.8. The molecule has 0 aromatic heterocycles. The number of phosphoric acid groups is 1. The summed E-state index contributed by atoms with van der Waals surface area (Å²) in [6, 6.07) is -1.51. The minimum atomic E-state index is -4.67. The van der Waals surface area contributed by atoms with Crippen LogP contribution in [0.4, 0.5) is 0 Å². The van der Waals surface area contributed by atoms with Crippen LogP contribution < -0.4 is 5.73 Å². The van der Waals surface area contributed by atoms with Crippen molar-refractivity contribution < 1.29 is 47.5 Å². The van der Waals surface area contributed by atoms with Gasteiger partial charge in [-0.2, -0.15) is 0 Å². The van der Waals surface area contributed by atoms with E-state index in [1.54, 1.807) is 0 Å². The number of ether oxygens (including phenoxy) is 2.